The Bertz CT molecular complexity index is 789. The molecule has 0 aliphatic heterocycles. The molecule has 2 aromatic rings. The smallest absolute Gasteiger partial charge is 0.258 e. The molecule has 0 aliphatic rings. The van der Waals surface area contributed by atoms with Gasteiger partial charge < -0.3 is 0 Å². The zero-order valence-corrected chi connectivity index (χ0v) is 14.0. The van der Waals surface area contributed by atoms with E-state index in [2.05, 4.69) is 25.6 Å². The highest BCUT2D eigenvalue weighted by Crippen LogP contribution is 2.27. The molecule has 0 aliphatic carbocycles. The highest BCUT2D eigenvalue weighted by atomic mass is 79.9. The predicted molar refractivity (Wildman–Crippen MR) is 81.7 cm³/mol. The fourth-order valence-corrected chi connectivity index (χ4v) is 4.08. The third kappa shape index (κ3) is 3.84. The molecular weight excluding hydrogens is 382 g/mol. The van der Waals surface area contributed by atoms with E-state index in [1.165, 1.54) is 23.5 Å². The lowest BCUT2D eigenvalue weighted by Gasteiger charge is -2.06. The summed E-state index contributed by atoms with van der Waals surface area (Å²) >= 11 is 4.47. The largest absolute Gasteiger partial charge is 0.289 e. The Morgan fingerprint density at radius 2 is 2.19 bits per heavy atom. The first-order chi connectivity index (χ1) is 9.79. The third-order valence-corrected chi connectivity index (χ3v) is 5.33. The Balaban J connectivity index is 2.31. The van der Waals surface area contributed by atoms with Crippen LogP contribution in [0.15, 0.2) is 33.8 Å². The number of aromatic nitrogens is 1. The van der Waals surface area contributed by atoms with Gasteiger partial charge in [-0.25, -0.2) is 18.1 Å². The Hall–Kier alpha value is -1.36. The molecule has 0 amide bonds. The van der Waals surface area contributed by atoms with Gasteiger partial charge in [-0.1, -0.05) is 15.9 Å². The number of hydrogen-bond acceptors (Lipinski definition) is 6. The lowest BCUT2D eigenvalue weighted by molar-refractivity contribution is -0.387. The Morgan fingerprint density at radius 1 is 1.48 bits per heavy atom. The van der Waals surface area contributed by atoms with E-state index >= 15 is 0 Å². The van der Waals surface area contributed by atoms with Gasteiger partial charge in [0, 0.05) is 21.6 Å². The van der Waals surface area contributed by atoms with Crippen molar-refractivity contribution in [1.82, 2.24) is 9.71 Å². The number of nitro groups is 1. The number of halogens is 1. The lowest BCUT2D eigenvalue weighted by Crippen LogP contribution is -2.24. The summed E-state index contributed by atoms with van der Waals surface area (Å²) in [7, 11) is -4.00. The fourth-order valence-electron chi connectivity index (χ4n) is 1.57. The summed E-state index contributed by atoms with van der Waals surface area (Å²) in [5.74, 6) is 0. The second kappa shape index (κ2) is 6.18. The number of aryl methyl sites for hydroxylation is 1. The van der Waals surface area contributed by atoms with Crippen molar-refractivity contribution in [2.45, 2.75) is 18.4 Å². The highest BCUT2D eigenvalue weighted by Gasteiger charge is 2.26. The topological polar surface area (TPSA) is 102 Å². The average molecular weight is 392 g/mol. The molecule has 1 N–H and O–H groups in total. The second-order valence-corrected chi connectivity index (χ2v) is 8.03. The summed E-state index contributed by atoms with van der Waals surface area (Å²) in [5, 5.41) is 11.5. The van der Waals surface area contributed by atoms with Crippen LogP contribution < -0.4 is 4.72 Å². The van der Waals surface area contributed by atoms with Crippen molar-refractivity contribution in [2.24, 2.45) is 0 Å². The van der Waals surface area contributed by atoms with Gasteiger partial charge in [-0.3, -0.25) is 10.1 Å². The normalized spacial score (nSPS) is 11.5. The highest BCUT2D eigenvalue weighted by molar-refractivity contribution is 9.10. The summed E-state index contributed by atoms with van der Waals surface area (Å²) in [6.45, 7) is 1.85. The first-order valence-electron chi connectivity index (χ1n) is 5.64. The van der Waals surface area contributed by atoms with Crippen LogP contribution >= 0.6 is 27.3 Å². The molecule has 0 radical (unpaired) electrons. The van der Waals surface area contributed by atoms with Crippen molar-refractivity contribution in [3.8, 4) is 0 Å². The molecule has 0 atom stereocenters. The number of hydrogen-bond donors (Lipinski definition) is 1. The number of nitro benzene ring substituents is 1. The van der Waals surface area contributed by atoms with Crippen molar-refractivity contribution in [1.29, 1.82) is 0 Å². The van der Waals surface area contributed by atoms with Gasteiger partial charge in [-0.15, -0.1) is 11.3 Å². The van der Waals surface area contributed by atoms with Crippen LogP contribution in [-0.4, -0.2) is 18.3 Å². The molecule has 2 rings (SSSR count). The molecule has 112 valence electrons. The van der Waals surface area contributed by atoms with Gasteiger partial charge in [0.15, 0.2) is 4.90 Å². The molecular formula is C11H10BrN3O4S2. The summed E-state index contributed by atoms with van der Waals surface area (Å²) in [6, 6.07) is 3.76. The zero-order chi connectivity index (χ0) is 15.6. The number of nitrogens with one attached hydrogen (secondary N) is 1. The predicted octanol–water partition coefficient (Wildman–Crippen LogP) is 2.60. The molecule has 0 spiro atoms. The third-order valence-electron chi connectivity index (χ3n) is 2.49. The van der Waals surface area contributed by atoms with Crippen molar-refractivity contribution < 1.29 is 13.3 Å². The van der Waals surface area contributed by atoms with E-state index in [-0.39, 0.29) is 11.4 Å². The van der Waals surface area contributed by atoms with Crippen molar-refractivity contribution in [2.75, 3.05) is 0 Å². The maximum absolute atomic E-state index is 12.2. The van der Waals surface area contributed by atoms with E-state index in [0.717, 1.165) is 10.9 Å². The van der Waals surface area contributed by atoms with Crippen LogP contribution in [0, 0.1) is 17.0 Å². The molecule has 10 heteroatoms. The number of sulfonamides is 1. The number of rotatable bonds is 5. The number of nitrogens with zero attached hydrogens (tertiary/aromatic N) is 2. The lowest BCUT2D eigenvalue weighted by atomic mass is 10.3. The van der Waals surface area contributed by atoms with Crippen LogP contribution in [0.25, 0.3) is 0 Å². The van der Waals surface area contributed by atoms with Gasteiger partial charge in [-0.2, -0.15) is 0 Å². The van der Waals surface area contributed by atoms with E-state index < -0.39 is 20.6 Å². The van der Waals surface area contributed by atoms with Crippen molar-refractivity contribution in [3.05, 3.63) is 48.9 Å². The molecule has 1 heterocycles. The van der Waals surface area contributed by atoms with Crippen LogP contribution in [-0.2, 0) is 16.6 Å². The maximum atomic E-state index is 12.2. The SMILES string of the molecule is Cc1cnc(CNS(=O)(=O)c2cc(Br)ccc2[N+](=O)[O-])s1. The molecule has 1 aromatic heterocycles. The first-order valence-corrected chi connectivity index (χ1v) is 8.74. The van der Waals surface area contributed by atoms with E-state index in [4.69, 9.17) is 0 Å². The van der Waals surface area contributed by atoms with Gasteiger partial charge in [0.05, 0.1) is 11.5 Å². The van der Waals surface area contributed by atoms with Crippen LogP contribution in [0.1, 0.15) is 9.88 Å². The standard InChI is InChI=1S/C11H10BrN3O4S2/c1-7-5-13-11(20-7)6-14-21(18,19)10-4-8(12)2-3-9(10)15(16)17/h2-5,14H,6H2,1H3. The maximum Gasteiger partial charge on any atom is 0.289 e. The quantitative estimate of drug-likeness (QED) is 0.623. The van der Waals surface area contributed by atoms with E-state index in [9.17, 15) is 18.5 Å². The fraction of sp³-hybridized carbons (Fsp3) is 0.182. The average Bonchev–Trinajstić information content (AvgIpc) is 2.82. The second-order valence-electron chi connectivity index (χ2n) is 4.06. The molecule has 0 unspecified atom stereocenters. The minimum absolute atomic E-state index is 0.00942. The summed E-state index contributed by atoms with van der Waals surface area (Å²) in [6.07, 6.45) is 1.63. The molecule has 0 fully saturated rings. The molecule has 0 bridgehead atoms. The minimum atomic E-state index is -4.00. The van der Waals surface area contributed by atoms with E-state index in [1.54, 1.807) is 6.20 Å². The zero-order valence-electron chi connectivity index (χ0n) is 10.7. The van der Waals surface area contributed by atoms with E-state index in [0.29, 0.717) is 9.48 Å². The number of thiazole rings is 1. The Kier molecular flexibility index (Phi) is 4.71. The van der Waals surface area contributed by atoms with Crippen molar-refractivity contribution in [3.63, 3.8) is 0 Å². The number of benzene rings is 1. The Labute approximate surface area is 133 Å². The summed E-state index contributed by atoms with van der Waals surface area (Å²) < 4.78 is 27.2. The van der Waals surface area contributed by atoms with Gasteiger partial charge in [0.25, 0.3) is 5.69 Å². The van der Waals surface area contributed by atoms with Crippen LogP contribution in [0.2, 0.25) is 0 Å². The minimum Gasteiger partial charge on any atom is -0.258 e. The molecule has 21 heavy (non-hydrogen) atoms. The van der Waals surface area contributed by atoms with Gasteiger partial charge in [0.1, 0.15) is 5.01 Å². The molecule has 0 saturated carbocycles. The van der Waals surface area contributed by atoms with Gasteiger partial charge in [0.2, 0.25) is 10.0 Å². The van der Waals surface area contributed by atoms with Gasteiger partial charge >= 0.3 is 0 Å². The van der Waals surface area contributed by atoms with Crippen molar-refractivity contribution >= 4 is 43.0 Å². The van der Waals surface area contributed by atoms with Crippen LogP contribution in [0.3, 0.4) is 0 Å². The first kappa shape index (κ1) is 16.0. The molecule has 1 aromatic carbocycles. The molecule has 7 nitrogen and oxygen atoms in total. The van der Waals surface area contributed by atoms with Gasteiger partial charge in [-0.05, 0) is 19.1 Å². The Morgan fingerprint density at radius 3 is 2.76 bits per heavy atom. The van der Waals surface area contributed by atoms with Crippen LogP contribution in [0.4, 0.5) is 5.69 Å². The van der Waals surface area contributed by atoms with E-state index in [1.807, 2.05) is 6.92 Å². The summed E-state index contributed by atoms with van der Waals surface area (Å²) in [5.41, 5.74) is -0.471. The molecule has 0 saturated heterocycles. The van der Waals surface area contributed by atoms with Crippen LogP contribution in [0.5, 0.6) is 0 Å². The summed E-state index contributed by atoms with van der Waals surface area (Å²) in [4.78, 5) is 14.8. The monoisotopic (exact) mass is 391 g/mol.